The van der Waals surface area contributed by atoms with E-state index in [0.717, 1.165) is 29.5 Å². The topological polar surface area (TPSA) is 137 Å². The number of hydrogen-bond acceptors (Lipinski definition) is 6. The molecule has 10 heteroatoms. The number of carbonyl (C=O) groups is 3. The maximum atomic E-state index is 14.0. The van der Waals surface area contributed by atoms with E-state index in [-0.39, 0.29) is 17.6 Å². The lowest BCUT2D eigenvalue weighted by Crippen LogP contribution is -2.53. The van der Waals surface area contributed by atoms with Gasteiger partial charge in [-0.3, -0.25) is 14.7 Å². The van der Waals surface area contributed by atoms with Crippen molar-refractivity contribution in [2.75, 3.05) is 11.9 Å². The van der Waals surface area contributed by atoms with Crippen LogP contribution in [0.5, 0.6) is 5.75 Å². The van der Waals surface area contributed by atoms with Crippen molar-refractivity contribution in [1.29, 1.82) is 0 Å². The van der Waals surface area contributed by atoms with Gasteiger partial charge in [0.2, 0.25) is 5.91 Å². The quantitative estimate of drug-likeness (QED) is 0.193. The number of amides is 3. The third-order valence-corrected chi connectivity index (χ3v) is 7.65. The zero-order valence-corrected chi connectivity index (χ0v) is 26.0. The Balaban J connectivity index is 1.33. The monoisotopic (exact) mass is 609 g/mol. The largest absolute Gasteiger partial charge is 0.507 e. The SMILES string of the molecule is Cc1ccc(O)c(-c2[nH]ncc2-c2ccc(NC(=O)[C@@H]3CCCCN3C(=O)[C@H](NC(=O)OC(C)(C)C)c3ccccc3)cc2)c1. The molecule has 0 saturated carbocycles. The Morgan fingerprint density at radius 1 is 1.00 bits per heavy atom. The van der Waals surface area contributed by atoms with Crippen LogP contribution in [0.3, 0.4) is 0 Å². The summed E-state index contributed by atoms with van der Waals surface area (Å²) in [5.41, 5.74) is 4.46. The minimum Gasteiger partial charge on any atom is -0.507 e. The second-order valence-corrected chi connectivity index (χ2v) is 12.3. The predicted molar refractivity (Wildman–Crippen MR) is 172 cm³/mol. The van der Waals surface area contributed by atoms with Crippen molar-refractivity contribution < 1.29 is 24.2 Å². The minimum absolute atomic E-state index is 0.150. The van der Waals surface area contributed by atoms with Crippen LogP contribution in [0.1, 0.15) is 57.2 Å². The molecule has 2 heterocycles. The fraction of sp³-hybridized carbons (Fsp3) is 0.314. The average molecular weight is 610 g/mol. The third-order valence-electron chi connectivity index (χ3n) is 7.65. The molecule has 0 unspecified atom stereocenters. The van der Waals surface area contributed by atoms with Crippen molar-refractivity contribution in [2.45, 2.75) is 64.6 Å². The van der Waals surface area contributed by atoms with E-state index in [1.807, 2.05) is 37.3 Å². The number of aromatic nitrogens is 2. The van der Waals surface area contributed by atoms with Gasteiger partial charge in [-0.2, -0.15) is 5.10 Å². The van der Waals surface area contributed by atoms with Crippen LogP contribution in [0.25, 0.3) is 22.4 Å². The molecule has 0 spiro atoms. The second kappa shape index (κ2) is 13.3. The van der Waals surface area contributed by atoms with E-state index in [9.17, 15) is 19.5 Å². The molecule has 5 rings (SSSR count). The Morgan fingerprint density at radius 2 is 1.73 bits per heavy atom. The number of alkyl carbamates (subject to hydrolysis) is 1. The van der Waals surface area contributed by atoms with Crippen molar-refractivity contribution in [3.8, 4) is 28.1 Å². The first kappa shape index (κ1) is 31.3. The van der Waals surface area contributed by atoms with Crippen LogP contribution < -0.4 is 10.6 Å². The molecular weight excluding hydrogens is 570 g/mol. The number of rotatable bonds is 7. The Morgan fingerprint density at radius 3 is 2.44 bits per heavy atom. The Bertz CT molecular complexity index is 1660. The van der Waals surface area contributed by atoms with Gasteiger partial charge in [0.05, 0.1) is 11.9 Å². The van der Waals surface area contributed by atoms with Gasteiger partial charge >= 0.3 is 6.09 Å². The molecule has 3 amide bonds. The molecule has 4 aromatic rings. The second-order valence-electron chi connectivity index (χ2n) is 12.3. The number of nitrogens with zero attached hydrogens (tertiary/aromatic N) is 2. The number of ether oxygens (including phenoxy) is 1. The average Bonchev–Trinajstić information content (AvgIpc) is 3.50. The molecule has 234 valence electrons. The first-order chi connectivity index (χ1) is 21.5. The van der Waals surface area contributed by atoms with E-state index in [1.54, 1.807) is 74.3 Å². The number of nitrogens with one attached hydrogen (secondary N) is 3. The molecule has 0 bridgehead atoms. The molecule has 1 aliphatic rings. The molecule has 45 heavy (non-hydrogen) atoms. The van der Waals surface area contributed by atoms with Gasteiger partial charge in [-0.25, -0.2) is 4.79 Å². The van der Waals surface area contributed by atoms with Crippen molar-refractivity contribution >= 4 is 23.6 Å². The number of aryl methyl sites for hydroxylation is 1. The number of aromatic hydroxyl groups is 1. The highest BCUT2D eigenvalue weighted by Gasteiger charge is 2.37. The highest BCUT2D eigenvalue weighted by Crippen LogP contribution is 2.36. The Labute approximate surface area is 262 Å². The molecule has 2 atom stereocenters. The van der Waals surface area contributed by atoms with Crippen LogP contribution in [0.4, 0.5) is 10.5 Å². The summed E-state index contributed by atoms with van der Waals surface area (Å²) in [5.74, 6) is -0.514. The van der Waals surface area contributed by atoms with E-state index >= 15 is 0 Å². The summed E-state index contributed by atoms with van der Waals surface area (Å²) < 4.78 is 5.44. The normalized spacial score (nSPS) is 15.6. The molecule has 3 aromatic carbocycles. The van der Waals surface area contributed by atoms with Gasteiger partial charge in [0.15, 0.2) is 0 Å². The van der Waals surface area contributed by atoms with E-state index < -0.39 is 23.8 Å². The number of aromatic amines is 1. The van der Waals surface area contributed by atoms with E-state index in [2.05, 4.69) is 20.8 Å². The Kier molecular flexibility index (Phi) is 9.22. The van der Waals surface area contributed by atoms with Crippen LogP contribution in [-0.2, 0) is 14.3 Å². The minimum atomic E-state index is -1.01. The van der Waals surface area contributed by atoms with E-state index in [4.69, 9.17) is 4.74 Å². The summed E-state index contributed by atoms with van der Waals surface area (Å²) in [5, 5.41) is 23.3. The Hall–Kier alpha value is -5.12. The number of piperidine rings is 1. The van der Waals surface area contributed by atoms with Crippen LogP contribution in [0.2, 0.25) is 0 Å². The summed E-state index contributed by atoms with van der Waals surface area (Å²) >= 11 is 0. The first-order valence-electron chi connectivity index (χ1n) is 15.1. The first-order valence-corrected chi connectivity index (χ1v) is 15.1. The number of carbonyl (C=O) groups excluding carboxylic acids is 3. The fourth-order valence-electron chi connectivity index (χ4n) is 5.51. The van der Waals surface area contributed by atoms with Gasteiger partial charge in [0.1, 0.15) is 23.4 Å². The van der Waals surface area contributed by atoms with Crippen LogP contribution in [-0.4, -0.2) is 56.3 Å². The van der Waals surface area contributed by atoms with E-state index in [0.29, 0.717) is 35.5 Å². The maximum absolute atomic E-state index is 14.0. The molecule has 1 aliphatic heterocycles. The van der Waals surface area contributed by atoms with Gasteiger partial charge in [-0.15, -0.1) is 0 Å². The number of anilines is 1. The summed E-state index contributed by atoms with van der Waals surface area (Å²) in [6, 6.07) is 20.0. The molecule has 4 N–H and O–H groups in total. The predicted octanol–water partition coefficient (Wildman–Crippen LogP) is 6.34. The van der Waals surface area contributed by atoms with Gasteiger partial charge < -0.3 is 25.4 Å². The number of phenolic OH excluding ortho intramolecular Hbond substituents is 1. The van der Waals surface area contributed by atoms with Gasteiger partial charge in [-0.05, 0) is 82.3 Å². The standard InChI is InChI=1S/C35H39N5O5/c1-22-13-18-29(41)26(20-22)31-27(21-36-39-31)23-14-16-25(17-15-23)37-32(42)28-12-8-9-19-40(28)33(43)30(24-10-6-5-7-11-24)38-34(44)45-35(2,3)4/h5-7,10-11,13-18,20-21,28,30,41H,8-9,12,19H2,1-4H3,(H,36,39)(H,37,42)(H,38,44)/t28-,30+/m0/s1. The van der Waals surface area contributed by atoms with Crippen LogP contribution >= 0.6 is 0 Å². The van der Waals surface area contributed by atoms with Crippen LogP contribution in [0, 0.1) is 6.92 Å². The number of benzene rings is 3. The molecule has 0 aliphatic carbocycles. The summed E-state index contributed by atoms with van der Waals surface area (Å²) in [6.45, 7) is 7.62. The third kappa shape index (κ3) is 7.52. The zero-order chi connectivity index (χ0) is 32.1. The fourth-order valence-corrected chi connectivity index (χ4v) is 5.51. The van der Waals surface area contributed by atoms with Crippen LogP contribution in [0.15, 0.2) is 79.0 Å². The lowest BCUT2D eigenvalue weighted by atomic mass is 9.97. The molecule has 1 fully saturated rings. The molecule has 1 saturated heterocycles. The summed E-state index contributed by atoms with van der Waals surface area (Å²) in [4.78, 5) is 41.9. The number of likely N-dealkylation sites (tertiary alicyclic amines) is 1. The lowest BCUT2D eigenvalue weighted by molar-refractivity contribution is -0.142. The maximum Gasteiger partial charge on any atom is 0.408 e. The van der Waals surface area contributed by atoms with Gasteiger partial charge in [-0.1, -0.05) is 54.1 Å². The highest BCUT2D eigenvalue weighted by molar-refractivity contribution is 5.99. The molecular formula is C35H39N5O5. The molecule has 0 radical (unpaired) electrons. The van der Waals surface area contributed by atoms with Crippen molar-refractivity contribution in [3.63, 3.8) is 0 Å². The number of phenols is 1. The smallest absolute Gasteiger partial charge is 0.408 e. The van der Waals surface area contributed by atoms with Gasteiger partial charge in [0, 0.05) is 23.4 Å². The number of H-pyrrole nitrogens is 1. The highest BCUT2D eigenvalue weighted by atomic mass is 16.6. The van der Waals surface area contributed by atoms with Crippen molar-refractivity contribution in [3.05, 3.63) is 90.1 Å². The molecule has 10 nitrogen and oxygen atoms in total. The molecule has 1 aromatic heterocycles. The summed E-state index contributed by atoms with van der Waals surface area (Å²) in [6.07, 6.45) is 3.04. The van der Waals surface area contributed by atoms with E-state index in [1.165, 1.54) is 0 Å². The summed E-state index contributed by atoms with van der Waals surface area (Å²) in [7, 11) is 0. The zero-order valence-electron chi connectivity index (χ0n) is 26.0. The number of hydrogen-bond donors (Lipinski definition) is 4. The van der Waals surface area contributed by atoms with Crippen molar-refractivity contribution in [1.82, 2.24) is 20.4 Å². The lowest BCUT2D eigenvalue weighted by Gasteiger charge is -2.37. The van der Waals surface area contributed by atoms with Crippen molar-refractivity contribution in [2.24, 2.45) is 0 Å². The van der Waals surface area contributed by atoms with Gasteiger partial charge in [0.25, 0.3) is 5.91 Å².